The van der Waals surface area contributed by atoms with Gasteiger partial charge in [-0.05, 0) is 18.6 Å². The van der Waals surface area contributed by atoms with Crippen LogP contribution in [0.3, 0.4) is 0 Å². The van der Waals surface area contributed by atoms with Crippen LogP contribution >= 0.6 is 0 Å². The Kier molecular flexibility index (Phi) is 4.28. The molecule has 2 aromatic rings. The van der Waals surface area contributed by atoms with Crippen LogP contribution < -0.4 is 10.7 Å². The van der Waals surface area contributed by atoms with Gasteiger partial charge in [-0.2, -0.15) is 5.10 Å². The van der Waals surface area contributed by atoms with Crippen molar-refractivity contribution in [1.29, 1.82) is 0 Å². The molecule has 2 rings (SSSR count). The molecule has 0 unspecified atom stereocenters. The Morgan fingerprint density at radius 2 is 2.16 bits per heavy atom. The van der Waals surface area contributed by atoms with Crippen molar-refractivity contribution >= 4 is 16.8 Å². The molecule has 0 fully saturated rings. The summed E-state index contributed by atoms with van der Waals surface area (Å²) in [5.41, 5.74) is 0.555. The Labute approximate surface area is 111 Å². The highest BCUT2D eigenvalue weighted by Crippen LogP contribution is 2.07. The molecule has 0 spiro atoms. The first kappa shape index (κ1) is 13.3. The molecule has 19 heavy (non-hydrogen) atoms. The molecule has 0 aliphatic carbocycles. The molecule has 0 bridgehead atoms. The standard InChI is InChI=1S/C14H17N3O2/c1-2-3-8-15-14(19)10-17-12-7-5-4-6-11(12)13(18)9-16-17/h4-7,9H,2-3,8,10H2,1H3,(H,15,19). The van der Waals surface area contributed by atoms with E-state index in [2.05, 4.69) is 17.3 Å². The van der Waals surface area contributed by atoms with Gasteiger partial charge in [-0.3, -0.25) is 14.3 Å². The first-order chi connectivity index (χ1) is 9.22. The maximum Gasteiger partial charge on any atom is 0.241 e. The zero-order valence-electron chi connectivity index (χ0n) is 10.9. The second-order valence-electron chi connectivity index (χ2n) is 4.39. The lowest BCUT2D eigenvalue weighted by Gasteiger charge is -2.09. The molecular formula is C14H17N3O2. The van der Waals surface area contributed by atoms with E-state index in [1.807, 2.05) is 6.07 Å². The molecule has 1 N–H and O–H groups in total. The van der Waals surface area contributed by atoms with E-state index in [1.165, 1.54) is 6.20 Å². The molecule has 0 aliphatic rings. The molecule has 1 aromatic heterocycles. The number of aromatic nitrogens is 2. The summed E-state index contributed by atoms with van der Waals surface area (Å²) < 4.78 is 1.55. The van der Waals surface area contributed by atoms with Crippen molar-refractivity contribution in [1.82, 2.24) is 15.1 Å². The summed E-state index contributed by atoms with van der Waals surface area (Å²) in [5.74, 6) is -0.0882. The minimum absolute atomic E-state index is 0.0882. The highest BCUT2D eigenvalue weighted by atomic mass is 16.2. The highest BCUT2D eigenvalue weighted by Gasteiger charge is 2.07. The van der Waals surface area contributed by atoms with Gasteiger partial charge in [0, 0.05) is 11.9 Å². The van der Waals surface area contributed by atoms with Gasteiger partial charge in [0.2, 0.25) is 11.3 Å². The van der Waals surface area contributed by atoms with Crippen molar-refractivity contribution in [2.45, 2.75) is 26.3 Å². The van der Waals surface area contributed by atoms with Crippen LogP contribution in [-0.2, 0) is 11.3 Å². The van der Waals surface area contributed by atoms with Gasteiger partial charge in [0.25, 0.3) is 0 Å². The molecule has 1 aromatic carbocycles. The molecule has 5 heteroatoms. The fourth-order valence-corrected chi connectivity index (χ4v) is 1.88. The van der Waals surface area contributed by atoms with Crippen molar-refractivity contribution in [2.24, 2.45) is 0 Å². The van der Waals surface area contributed by atoms with Gasteiger partial charge in [-0.1, -0.05) is 25.5 Å². The van der Waals surface area contributed by atoms with Crippen molar-refractivity contribution in [3.63, 3.8) is 0 Å². The average molecular weight is 259 g/mol. The van der Waals surface area contributed by atoms with Crippen LogP contribution in [0, 0.1) is 0 Å². The lowest BCUT2D eigenvalue weighted by atomic mass is 10.2. The quantitative estimate of drug-likeness (QED) is 0.823. The van der Waals surface area contributed by atoms with Gasteiger partial charge in [0.05, 0.1) is 11.7 Å². The number of nitrogens with one attached hydrogen (secondary N) is 1. The smallest absolute Gasteiger partial charge is 0.241 e. The number of carbonyl (C=O) groups is 1. The largest absolute Gasteiger partial charge is 0.354 e. The normalized spacial score (nSPS) is 10.6. The number of amides is 1. The molecular weight excluding hydrogens is 242 g/mol. The number of rotatable bonds is 5. The van der Waals surface area contributed by atoms with Crippen LogP contribution in [0.2, 0.25) is 0 Å². The minimum atomic E-state index is -0.127. The Morgan fingerprint density at radius 1 is 1.37 bits per heavy atom. The third-order valence-corrected chi connectivity index (χ3v) is 2.91. The summed E-state index contributed by atoms with van der Waals surface area (Å²) in [4.78, 5) is 23.4. The van der Waals surface area contributed by atoms with Gasteiger partial charge >= 0.3 is 0 Å². The monoisotopic (exact) mass is 259 g/mol. The van der Waals surface area contributed by atoms with Crippen LogP contribution in [-0.4, -0.2) is 22.2 Å². The molecule has 1 heterocycles. The van der Waals surface area contributed by atoms with E-state index >= 15 is 0 Å². The summed E-state index contributed by atoms with van der Waals surface area (Å²) in [7, 11) is 0. The molecule has 0 aliphatic heterocycles. The SMILES string of the molecule is CCCCNC(=O)Cn1ncc(=O)c2ccccc21. The minimum Gasteiger partial charge on any atom is -0.354 e. The third-order valence-electron chi connectivity index (χ3n) is 2.91. The Bertz CT molecular complexity index is 634. The summed E-state index contributed by atoms with van der Waals surface area (Å²) in [6, 6.07) is 7.16. The maximum absolute atomic E-state index is 11.8. The predicted molar refractivity (Wildman–Crippen MR) is 73.9 cm³/mol. The fourth-order valence-electron chi connectivity index (χ4n) is 1.88. The van der Waals surface area contributed by atoms with E-state index in [9.17, 15) is 9.59 Å². The van der Waals surface area contributed by atoms with Crippen molar-refractivity contribution < 1.29 is 4.79 Å². The Hall–Kier alpha value is -2.17. The maximum atomic E-state index is 11.8. The van der Waals surface area contributed by atoms with E-state index in [-0.39, 0.29) is 17.9 Å². The number of fused-ring (bicyclic) bond motifs is 1. The Balaban J connectivity index is 2.19. The molecule has 0 saturated heterocycles. The number of unbranched alkanes of at least 4 members (excludes halogenated alkanes) is 1. The van der Waals surface area contributed by atoms with Gasteiger partial charge in [-0.25, -0.2) is 0 Å². The van der Waals surface area contributed by atoms with Gasteiger partial charge in [0.1, 0.15) is 6.54 Å². The second-order valence-corrected chi connectivity index (χ2v) is 4.39. The zero-order chi connectivity index (χ0) is 13.7. The van der Waals surface area contributed by atoms with Crippen molar-refractivity contribution in [3.8, 4) is 0 Å². The van der Waals surface area contributed by atoms with E-state index < -0.39 is 0 Å². The highest BCUT2D eigenvalue weighted by molar-refractivity contribution is 5.81. The lowest BCUT2D eigenvalue weighted by molar-refractivity contribution is -0.121. The zero-order valence-corrected chi connectivity index (χ0v) is 10.9. The number of hydrogen-bond donors (Lipinski definition) is 1. The summed E-state index contributed by atoms with van der Waals surface area (Å²) in [6.07, 6.45) is 3.26. The number of carbonyl (C=O) groups excluding carboxylic acids is 1. The van der Waals surface area contributed by atoms with E-state index in [0.29, 0.717) is 17.4 Å². The molecule has 0 radical (unpaired) electrons. The molecule has 0 saturated carbocycles. The van der Waals surface area contributed by atoms with Crippen LogP contribution in [0.5, 0.6) is 0 Å². The number of nitrogens with zero attached hydrogens (tertiary/aromatic N) is 2. The van der Waals surface area contributed by atoms with E-state index in [1.54, 1.807) is 22.9 Å². The van der Waals surface area contributed by atoms with Crippen molar-refractivity contribution in [3.05, 3.63) is 40.7 Å². The number of benzene rings is 1. The predicted octanol–water partition coefficient (Wildman–Crippen LogP) is 1.31. The van der Waals surface area contributed by atoms with Crippen LogP contribution in [0.4, 0.5) is 0 Å². The average Bonchev–Trinajstić information content (AvgIpc) is 2.43. The third kappa shape index (κ3) is 3.19. The van der Waals surface area contributed by atoms with Gasteiger partial charge < -0.3 is 5.32 Å². The second kappa shape index (κ2) is 6.13. The lowest BCUT2D eigenvalue weighted by Crippen LogP contribution is -2.29. The fraction of sp³-hybridized carbons (Fsp3) is 0.357. The first-order valence-corrected chi connectivity index (χ1v) is 6.44. The van der Waals surface area contributed by atoms with Crippen LogP contribution in [0.25, 0.3) is 10.9 Å². The van der Waals surface area contributed by atoms with Crippen LogP contribution in [0.1, 0.15) is 19.8 Å². The van der Waals surface area contributed by atoms with E-state index in [4.69, 9.17) is 0 Å². The summed E-state index contributed by atoms with van der Waals surface area (Å²) in [6.45, 7) is 2.88. The van der Waals surface area contributed by atoms with Gasteiger partial charge in [-0.15, -0.1) is 0 Å². The topological polar surface area (TPSA) is 64.0 Å². The summed E-state index contributed by atoms with van der Waals surface area (Å²) >= 11 is 0. The molecule has 100 valence electrons. The first-order valence-electron chi connectivity index (χ1n) is 6.44. The number of para-hydroxylation sites is 1. The molecule has 1 amide bonds. The van der Waals surface area contributed by atoms with Crippen molar-refractivity contribution in [2.75, 3.05) is 6.54 Å². The molecule has 0 atom stereocenters. The van der Waals surface area contributed by atoms with Gasteiger partial charge in [0.15, 0.2) is 0 Å². The van der Waals surface area contributed by atoms with E-state index in [0.717, 1.165) is 12.8 Å². The Morgan fingerprint density at radius 3 is 2.95 bits per heavy atom. The summed E-state index contributed by atoms with van der Waals surface area (Å²) in [5, 5.41) is 7.43. The molecule has 5 nitrogen and oxygen atoms in total. The van der Waals surface area contributed by atoms with Crippen LogP contribution in [0.15, 0.2) is 35.3 Å². The number of hydrogen-bond acceptors (Lipinski definition) is 3.